The number of hydrogen-bond donors (Lipinski definition) is 0. The van der Waals surface area contributed by atoms with E-state index in [9.17, 15) is 0 Å². The quantitative estimate of drug-likeness (QED) is 0.219. The van der Waals surface area contributed by atoms with Gasteiger partial charge in [0, 0.05) is 32.6 Å². The van der Waals surface area contributed by atoms with E-state index in [1.54, 1.807) is 0 Å². The summed E-state index contributed by atoms with van der Waals surface area (Å²) in [5, 5.41) is 4.98. The first-order chi connectivity index (χ1) is 20.1. The monoisotopic (exact) mass is 525 g/mol. The lowest BCUT2D eigenvalue weighted by molar-refractivity contribution is 0.666. The zero-order valence-electron chi connectivity index (χ0n) is 23.0. The summed E-state index contributed by atoms with van der Waals surface area (Å²) in [7, 11) is 0. The summed E-state index contributed by atoms with van der Waals surface area (Å²) < 4.78 is 8.49. The molecule has 0 aliphatic heterocycles. The molecule has 1 aliphatic carbocycles. The van der Waals surface area contributed by atoms with Gasteiger partial charge >= 0.3 is 0 Å². The molecule has 2 nitrogen and oxygen atoms in total. The Morgan fingerprint density at radius 2 is 1.24 bits per heavy atom. The van der Waals surface area contributed by atoms with Gasteiger partial charge in [-0.25, -0.2) is 0 Å². The molecule has 0 fully saturated rings. The molecule has 0 radical (unpaired) electrons. The summed E-state index contributed by atoms with van der Waals surface area (Å²) in [6, 6.07) is 46.1. The van der Waals surface area contributed by atoms with Crippen LogP contribution in [-0.2, 0) is 5.41 Å². The Balaban J connectivity index is 1.23. The number of rotatable bonds is 2. The molecule has 194 valence electrons. The van der Waals surface area contributed by atoms with Crippen LogP contribution in [0.15, 0.2) is 132 Å². The van der Waals surface area contributed by atoms with Gasteiger partial charge in [0.2, 0.25) is 0 Å². The molecule has 0 N–H and O–H groups in total. The van der Waals surface area contributed by atoms with Crippen molar-refractivity contribution in [3.05, 3.63) is 139 Å². The Bertz CT molecular complexity index is 2330. The van der Waals surface area contributed by atoms with Crippen LogP contribution in [0.5, 0.6) is 0 Å². The van der Waals surface area contributed by atoms with E-state index < -0.39 is 0 Å². The van der Waals surface area contributed by atoms with Crippen LogP contribution in [0.25, 0.3) is 71.7 Å². The number of furan rings is 1. The van der Waals surface area contributed by atoms with E-state index in [2.05, 4.69) is 134 Å². The average Bonchev–Trinajstić information content (AvgIpc) is 3.63. The first-order valence-electron chi connectivity index (χ1n) is 14.3. The molecular formula is C39H27NO. The summed E-state index contributed by atoms with van der Waals surface area (Å²) in [6.45, 7) is 4.75. The lowest BCUT2D eigenvalue weighted by atomic mass is 9.80. The van der Waals surface area contributed by atoms with Crippen LogP contribution in [0.3, 0.4) is 0 Å². The molecule has 0 atom stereocenters. The van der Waals surface area contributed by atoms with Crippen LogP contribution in [-0.4, -0.2) is 4.57 Å². The molecule has 0 saturated heterocycles. The summed E-state index contributed by atoms with van der Waals surface area (Å²) in [6.07, 6.45) is 0. The van der Waals surface area contributed by atoms with Gasteiger partial charge in [0.15, 0.2) is 0 Å². The van der Waals surface area contributed by atoms with Crippen molar-refractivity contribution in [3.63, 3.8) is 0 Å². The van der Waals surface area contributed by atoms with Gasteiger partial charge in [0.25, 0.3) is 0 Å². The van der Waals surface area contributed by atoms with Crippen molar-refractivity contribution >= 4 is 43.7 Å². The van der Waals surface area contributed by atoms with Crippen molar-refractivity contribution in [1.82, 2.24) is 4.57 Å². The molecule has 2 aromatic heterocycles. The third kappa shape index (κ3) is 3.02. The van der Waals surface area contributed by atoms with E-state index in [1.165, 1.54) is 60.9 Å². The largest absolute Gasteiger partial charge is 0.456 e. The zero-order chi connectivity index (χ0) is 27.3. The molecule has 1 aliphatic rings. The predicted octanol–water partition coefficient (Wildman–Crippen LogP) is 10.7. The lowest BCUT2D eigenvalue weighted by Crippen LogP contribution is -2.15. The molecule has 0 amide bonds. The van der Waals surface area contributed by atoms with Crippen molar-refractivity contribution in [1.29, 1.82) is 0 Å². The number of nitrogens with zero attached hydrogens (tertiary/aromatic N) is 1. The highest BCUT2D eigenvalue weighted by atomic mass is 16.3. The molecule has 2 heteroatoms. The van der Waals surface area contributed by atoms with E-state index in [1.807, 2.05) is 12.1 Å². The Labute approximate surface area is 238 Å². The molecule has 9 rings (SSSR count). The van der Waals surface area contributed by atoms with Crippen LogP contribution in [0.2, 0.25) is 0 Å². The Morgan fingerprint density at radius 1 is 0.537 bits per heavy atom. The highest BCUT2D eigenvalue weighted by molar-refractivity contribution is 6.14. The molecule has 0 saturated carbocycles. The normalized spacial score (nSPS) is 13.8. The Hall–Kier alpha value is -5.08. The average molecular weight is 526 g/mol. The molecule has 0 bridgehead atoms. The molecule has 6 aromatic carbocycles. The highest BCUT2D eigenvalue weighted by Crippen LogP contribution is 2.53. The summed E-state index contributed by atoms with van der Waals surface area (Å²) in [5.74, 6) is 0. The van der Waals surface area contributed by atoms with Gasteiger partial charge in [-0.2, -0.15) is 0 Å². The van der Waals surface area contributed by atoms with E-state index in [0.717, 1.165) is 21.9 Å². The number of hydrogen-bond acceptors (Lipinski definition) is 1. The minimum atomic E-state index is -0.0693. The number of aromatic nitrogens is 1. The summed E-state index contributed by atoms with van der Waals surface area (Å²) in [5.41, 5.74) is 13.4. The topological polar surface area (TPSA) is 18.1 Å². The van der Waals surface area contributed by atoms with Crippen LogP contribution >= 0.6 is 0 Å². The van der Waals surface area contributed by atoms with Crippen molar-refractivity contribution in [2.24, 2.45) is 0 Å². The fraction of sp³-hybridized carbons (Fsp3) is 0.0769. The van der Waals surface area contributed by atoms with E-state index in [-0.39, 0.29) is 5.41 Å². The molecule has 41 heavy (non-hydrogen) atoms. The minimum absolute atomic E-state index is 0.0693. The first-order valence-corrected chi connectivity index (χ1v) is 14.3. The summed E-state index contributed by atoms with van der Waals surface area (Å²) >= 11 is 0. The van der Waals surface area contributed by atoms with Gasteiger partial charge in [-0.1, -0.05) is 98.8 Å². The van der Waals surface area contributed by atoms with Crippen molar-refractivity contribution in [3.8, 4) is 27.9 Å². The fourth-order valence-corrected chi connectivity index (χ4v) is 7.32. The Morgan fingerprint density at radius 3 is 2.12 bits per heavy atom. The fourth-order valence-electron chi connectivity index (χ4n) is 7.32. The standard InChI is InChI=1S/C39H27NO/c1-39(2)32-12-6-3-9-27(32)29-20-21-34-37(38(29)39)30-11-4-7-13-33(30)40(34)26-18-15-24(16-19-26)25-17-22-36-31(23-25)28-10-5-8-14-35(28)41-36/h3-23H,1-2H3. The second kappa shape index (κ2) is 7.99. The zero-order valence-corrected chi connectivity index (χ0v) is 23.0. The number of benzene rings is 6. The van der Waals surface area contributed by atoms with Crippen molar-refractivity contribution in [2.75, 3.05) is 0 Å². The van der Waals surface area contributed by atoms with Gasteiger partial charge < -0.3 is 8.98 Å². The van der Waals surface area contributed by atoms with Crippen LogP contribution in [0.4, 0.5) is 0 Å². The molecule has 0 spiro atoms. The summed E-state index contributed by atoms with van der Waals surface area (Å²) in [4.78, 5) is 0. The van der Waals surface area contributed by atoms with Crippen LogP contribution in [0.1, 0.15) is 25.0 Å². The third-order valence-electron chi connectivity index (χ3n) is 9.19. The van der Waals surface area contributed by atoms with Crippen LogP contribution in [0, 0.1) is 0 Å². The third-order valence-corrected chi connectivity index (χ3v) is 9.19. The highest BCUT2D eigenvalue weighted by Gasteiger charge is 2.37. The number of fused-ring (bicyclic) bond motifs is 10. The van der Waals surface area contributed by atoms with Gasteiger partial charge in [0.1, 0.15) is 11.2 Å². The van der Waals surface area contributed by atoms with E-state index in [0.29, 0.717) is 0 Å². The maximum atomic E-state index is 6.06. The predicted molar refractivity (Wildman–Crippen MR) is 171 cm³/mol. The maximum Gasteiger partial charge on any atom is 0.135 e. The van der Waals surface area contributed by atoms with Gasteiger partial charge in [0.05, 0.1) is 11.0 Å². The molecule has 2 heterocycles. The second-order valence-electron chi connectivity index (χ2n) is 11.8. The minimum Gasteiger partial charge on any atom is -0.456 e. The lowest BCUT2D eigenvalue weighted by Gasteiger charge is -2.22. The Kier molecular flexibility index (Phi) is 4.42. The van der Waals surface area contributed by atoms with Gasteiger partial charge in [-0.3, -0.25) is 0 Å². The van der Waals surface area contributed by atoms with E-state index >= 15 is 0 Å². The van der Waals surface area contributed by atoms with Gasteiger partial charge in [-0.05, 0) is 75.8 Å². The maximum absolute atomic E-state index is 6.06. The van der Waals surface area contributed by atoms with Crippen molar-refractivity contribution < 1.29 is 4.42 Å². The molecule has 8 aromatic rings. The SMILES string of the molecule is CC1(C)c2ccccc2-c2ccc3c(c21)c1ccccc1n3-c1ccc(-c2ccc3oc4ccccc4c3c2)cc1. The number of para-hydroxylation sites is 2. The van der Waals surface area contributed by atoms with Crippen molar-refractivity contribution in [2.45, 2.75) is 19.3 Å². The second-order valence-corrected chi connectivity index (χ2v) is 11.8. The van der Waals surface area contributed by atoms with Gasteiger partial charge in [-0.15, -0.1) is 0 Å². The first kappa shape index (κ1) is 22.7. The van der Waals surface area contributed by atoms with E-state index in [4.69, 9.17) is 4.42 Å². The van der Waals surface area contributed by atoms with Crippen LogP contribution < -0.4 is 0 Å². The smallest absolute Gasteiger partial charge is 0.135 e. The molecule has 0 unspecified atom stereocenters. The molecular weight excluding hydrogens is 498 g/mol.